The Morgan fingerprint density at radius 1 is 1.38 bits per heavy atom. The van der Waals surface area contributed by atoms with Crippen molar-refractivity contribution in [3.05, 3.63) is 0 Å². The molecule has 16 heavy (non-hydrogen) atoms. The summed E-state index contributed by atoms with van der Waals surface area (Å²) in [5.41, 5.74) is 0. The van der Waals surface area contributed by atoms with Gasteiger partial charge in [-0.25, -0.2) is 8.42 Å². The third kappa shape index (κ3) is 10.4. The SMILES string of the molecule is COCC(C)NCCN(C)CCS(C)(=O)=O. The molecule has 0 saturated carbocycles. The molecule has 0 heterocycles. The maximum Gasteiger partial charge on any atom is 0.148 e. The van der Waals surface area contributed by atoms with E-state index in [2.05, 4.69) is 12.2 Å². The van der Waals surface area contributed by atoms with Crippen LogP contribution in [0.1, 0.15) is 6.92 Å². The van der Waals surface area contributed by atoms with Crippen LogP contribution in [0.4, 0.5) is 0 Å². The van der Waals surface area contributed by atoms with E-state index in [0.717, 1.165) is 13.1 Å². The normalized spacial score (nSPS) is 14.3. The first-order valence-corrected chi connectivity index (χ1v) is 7.50. The van der Waals surface area contributed by atoms with Crippen LogP contribution in [0.15, 0.2) is 0 Å². The Bertz CT molecular complexity index is 267. The van der Waals surface area contributed by atoms with Gasteiger partial charge in [-0.1, -0.05) is 0 Å². The van der Waals surface area contributed by atoms with Gasteiger partial charge in [-0.3, -0.25) is 0 Å². The number of likely N-dealkylation sites (N-methyl/N-ethyl adjacent to an activating group) is 1. The lowest BCUT2D eigenvalue weighted by Crippen LogP contribution is -2.37. The highest BCUT2D eigenvalue weighted by atomic mass is 32.2. The molecule has 0 aliphatic rings. The molecule has 0 rings (SSSR count). The van der Waals surface area contributed by atoms with Crippen molar-refractivity contribution in [3.63, 3.8) is 0 Å². The average Bonchev–Trinajstić information content (AvgIpc) is 2.14. The molecular weight excluding hydrogens is 228 g/mol. The lowest BCUT2D eigenvalue weighted by Gasteiger charge is -2.18. The maximum absolute atomic E-state index is 10.9. The standard InChI is InChI=1S/C10H24N2O3S/c1-10(9-15-3)11-5-6-12(2)7-8-16(4,13)14/h10-11H,5-9H2,1-4H3. The van der Waals surface area contributed by atoms with Crippen molar-refractivity contribution in [2.45, 2.75) is 13.0 Å². The third-order valence-corrected chi connectivity index (χ3v) is 3.17. The van der Waals surface area contributed by atoms with Crippen LogP contribution in [-0.2, 0) is 14.6 Å². The number of hydrogen-bond acceptors (Lipinski definition) is 5. The topological polar surface area (TPSA) is 58.6 Å². The minimum Gasteiger partial charge on any atom is -0.383 e. The van der Waals surface area contributed by atoms with Gasteiger partial charge in [0.25, 0.3) is 0 Å². The van der Waals surface area contributed by atoms with Crippen LogP contribution in [0.3, 0.4) is 0 Å². The number of hydrogen-bond donors (Lipinski definition) is 1. The second-order valence-electron chi connectivity index (χ2n) is 4.24. The molecule has 0 aliphatic heterocycles. The number of sulfone groups is 1. The van der Waals surface area contributed by atoms with Gasteiger partial charge in [0.2, 0.25) is 0 Å². The molecule has 0 radical (unpaired) electrons. The molecule has 0 spiro atoms. The summed E-state index contributed by atoms with van der Waals surface area (Å²) in [6, 6.07) is 0.327. The molecule has 0 fully saturated rings. The molecule has 0 aromatic carbocycles. The molecule has 98 valence electrons. The Morgan fingerprint density at radius 2 is 2.00 bits per heavy atom. The van der Waals surface area contributed by atoms with Crippen LogP contribution in [-0.4, -0.2) is 71.8 Å². The van der Waals surface area contributed by atoms with E-state index in [-0.39, 0.29) is 5.75 Å². The molecule has 0 aromatic heterocycles. The predicted octanol–water partition coefficient (Wildman–Crippen LogP) is -0.413. The minimum atomic E-state index is -2.85. The molecule has 1 unspecified atom stereocenters. The molecule has 5 nitrogen and oxygen atoms in total. The zero-order chi connectivity index (χ0) is 12.6. The highest BCUT2D eigenvalue weighted by Gasteiger charge is 2.06. The van der Waals surface area contributed by atoms with Crippen LogP contribution in [0.2, 0.25) is 0 Å². The van der Waals surface area contributed by atoms with Gasteiger partial charge in [-0.05, 0) is 14.0 Å². The van der Waals surface area contributed by atoms with Gasteiger partial charge in [0.05, 0.1) is 12.4 Å². The van der Waals surface area contributed by atoms with Crippen LogP contribution in [0.25, 0.3) is 0 Å². The van der Waals surface area contributed by atoms with Crippen molar-refractivity contribution >= 4 is 9.84 Å². The average molecular weight is 252 g/mol. The summed E-state index contributed by atoms with van der Waals surface area (Å²) in [4.78, 5) is 2.01. The van der Waals surface area contributed by atoms with Crippen LogP contribution in [0.5, 0.6) is 0 Å². The summed E-state index contributed by atoms with van der Waals surface area (Å²) in [6.07, 6.45) is 1.26. The first-order valence-electron chi connectivity index (χ1n) is 5.43. The maximum atomic E-state index is 10.9. The molecule has 1 atom stereocenters. The van der Waals surface area contributed by atoms with Gasteiger partial charge in [-0.2, -0.15) is 0 Å². The fourth-order valence-electron chi connectivity index (χ4n) is 1.24. The molecule has 0 bridgehead atoms. The molecule has 1 N–H and O–H groups in total. The Labute approximate surface area is 99.1 Å². The highest BCUT2D eigenvalue weighted by Crippen LogP contribution is 1.88. The summed E-state index contributed by atoms with van der Waals surface area (Å²) >= 11 is 0. The van der Waals surface area contributed by atoms with Crippen molar-refractivity contribution in [1.82, 2.24) is 10.2 Å². The van der Waals surface area contributed by atoms with E-state index >= 15 is 0 Å². The van der Waals surface area contributed by atoms with Crippen LogP contribution >= 0.6 is 0 Å². The number of nitrogens with one attached hydrogen (secondary N) is 1. The minimum absolute atomic E-state index is 0.219. The largest absolute Gasteiger partial charge is 0.383 e. The first kappa shape index (κ1) is 15.8. The van der Waals surface area contributed by atoms with Crippen molar-refractivity contribution in [2.75, 3.05) is 52.4 Å². The summed E-state index contributed by atoms with van der Waals surface area (Å²) in [7, 11) is 0.750. The van der Waals surface area contributed by atoms with Crippen molar-refractivity contribution < 1.29 is 13.2 Å². The third-order valence-electron chi connectivity index (χ3n) is 2.25. The van der Waals surface area contributed by atoms with Gasteiger partial charge in [0.1, 0.15) is 9.84 Å². The first-order chi connectivity index (χ1) is 7.35. The highest BCUT2D eigenvalue weighted by molar-refractivity contribution is 7.90. The van der Waals surface area contributed by atoms with Gasteiger partial charge >= 0.3 is 0 Å². The fraction of sp³-hybridized carbons (Fsp3) is 1.00. The van der Waals surface area contributed by atoms with Gasteiger partial charge in [0.15, 0.2) is 0 Å². The molecular formula is C10H24N2O3S. The monoisotopic (exact) mass is 252 g/mol. The second-order valence-corrected chi connectivity index (χ2v) is 6.50. The van der Waals surface area contributed by atoms with E-state index in [1.807, 2.05) is 11.9 Å². The number of rotatable bonds is 9. The van der Waals surface area contributed by atoms with Crippen LogP contribution in [0, 0.1) is 0 Å². The Balaban J connectivity index is 3.54. The molecule has 0 saturated heterocycles. The summed E-state index contributed by atoms with van der Waals surface area (Å²) in [5.74, 6) is 0.219. The molecule has 0 amide bonds. The number of ether oxygens (including phenoxy) is 1. The zero-order valence-electron chi connectivity index (χ0n) is 10.7. The van der Waals surface area contributed by atoms with Crippen molar-refractivity contribution in [3.8, 4) is 0 Å². The number of methoxy groups -OCH3 is 1. The van der Waals surface area contributed by atoms with E-state index in [1.54, 1.807) is 7.11 Å². The van der Waals surface area contributed by atoms with E-state index in [4.69, 9.17) is 4.74 Å². The van der Waals surface area contributed by atoms with E-state index in [1.165, 1.54) is 6.26 Å². The zero-order valence-corrected chi connectivity index (χ0v) is 11.5. The lowest BCUT2D eigenvalue weighted by molar-refractivity contribution is 0.170. The Hall–Kier alpha value is -0.170. The molecule has 0 aromatic rings. The predicted molar refractivity (Wildman–Crippen MR) is 66.5 cm³/mol. The quantitative estimate of drug-likeness (QED) is 0.604. The lowest BCUT2D eigenvalue weighted by atomic mass is 10.3. The molecule has 0 aliphatic carbocycles. The second kappa shape index (κ2) is 8.00. The van der Waals surface area contributed by atoms with Gasteiger partial charge < -0.3 is 15.0 Å². The smallest absolute Gasteiger partial charge is 0.148 e. The number of nitrogens with zero attached hydrogens (tertiary/aromatic N) is 1. The fourth-order valence-corrected chi connectivity index (χ4v) is 1.89. The molecule has 6 heteroatoms. The summed E-state index contributed by atoms with van der Waals surface area (Å²) in [6.45, 7) is 5.00. The van der Waals surface area contributed by atoms with E-state index in [0.29, 0.717) is 19.2 Å². The van der Waals surface area contributed by atoms with E-state index in [9.17, 15) is 8.42 Å². The summed E-state index contributed by atoms with van der Waals surface area (Å²) < 4.78 is 26.9. The van der Waals surface area contributed by atoms with Crippen molar-refractivity contribution in [2.24, 2.45) is 0 Å². The van der Waals surface area contributed by atoms with E-state index < -0.39 is 9.84 Å². The van der Waals surface area contributed by atoms with Gasteiger partial charge in [0, 0.05) is 39.0 Å². The van der Waals surface area contributed by atoms with Crippen molar-refractivity contribution in [1.29, 1.82) is 0 Å². The Kier molecular flexibility index (Phi) is 7.91. The summed E-state index contributed by atoms with van der Waals surface area (Å²) in [5, 5.41) is 3.30. The Morgan fingerprint density at radius 3 is 2.50 bits per heavy atom. The van der Waals surface area contributed by atoms with Gasteiger partial charge in [-0.15, -0.1) is 0 Å². The van der Waals surface area contributed by atoms with Crippen LogP contribution < -0.4 is 5.32 Å².